The van der Waals surface area contributed by atoms with Gasteiger partial charge in [0.15, 0.2) is 0 Å². The highest BCUT2D eigenvalue weighted by Crippen LogP contribution is 2.32. The Bertz CT molecular complexity index is 504. The van der Waals surface area contributed by atoms with Gasteiger partial charge in [-0.1, -0.05) is 19.3 Å². The molecule has 1 aliphatic carbocycles. The van der Waals surface area contributed by atoms with Crippen LogP contribution in [0, 0.1) is 0 Å². The fraction of sp³-hybridized carbons (Fsp3) is 0.750. The lowest BCUT2D eigenvalue weighted by atomic mass is 9.87. The Morgan fingerprint density at radius 3 is 3.00 bits per heavy atom. The monoisotopic (exact) mass is 322 g/mol. The largest absolute Gasteiger partial charge is 0.312 e. The summed E-state index contributed by atoms with van der Waals surface area (Å²) in [7, 11) is 1.91. The Morgan fingerprint density at radius 2 is 2.27 bits per heavy atom. The molecule has 0 spiro atoms. The number of rotatable bonds is 4. The number of hydrogen-bond acceptors (Lipinski definition) is 4. The molecule has 0 radical (unpaired) electrons. The third-order valence-corrected chi connectivity index (χ3v) is 5.75. The van der Waals surface area contributed by atoms with E-state index in [0.29, 0.717) is 18.4 Å². The van der Waals surface area contributed by atoms with E-state index in [1.165, 1.54) is 32.1 Å². The number of carbonyl (C=O) groups is 1. The van der Waals surface area contributed by atoms with Gasteiger partial charge in [-0.05, 0) is 12.8 Å². The van der Waals surface area contributed by atoms with Gasteiger partial charge < -0.3 is 10.6 Å². The molecule has 1 atom stereocenters. The summed E-state index contributed by atoms with van der Waals surface area (Å²) in [5.74, 6) is 3.64. The summed E-state index contributed by atoms with van der Waals surface area (Å²) in [6.45, 7) is 1.00. The molecule has 0 bridgehead atoms. The van der Waals surface area contributed by atoms with Gasteiger partial charge in [0.05, 0.1) is 5.69 Å². The van der Waals surface area contributed by atoms with Crippen LogP contribution in [-0.2, 0) is 11.8 Å². The van der Waals surface area contributed by atoms with Gasteiger partial charge in [-0.2, -0.15) is 16.9 Å². The molecular weight excluding hydrogens is 296 g/mol. The van der Waals surface area contributed by atoms with Crippen LogP contribution >= 0.6 is 11.8 Å². The topological polar surface area (TPSA) is 59.0 Å². The number of thioether (sulfide) groups is 1. The number of anilines is 1. The second-order valence-corrected chi connectivity index (χ2v) is 7.54. The van der Waals surface area contributed by atoms with E-state index in [0.717, 1.165) is 29.6 Å². The summed E-state index contributed by atoms with van der Waals surface area (Å²) in [4.78, 5) is 12.2. The molecule has 2 aliphatic rings. The summed E-state index contributed by atoms with van der Waals surface area (Å²) in [5.41, 5.74) is 1.14. The van der Waals surface area contributed by atoms with Crippen LogP contribution in [0.5, 0.6) is 0 Å². The van der Waals surface area contributed by atoms with Crippen LogP contribution in [0.4, 0.5) is 5.82 Å². The van der Waals surface area contributed by atoms with Crippen molar-refractivity contribution in [2.24, 2.45) is 7.05 Å². The Kier molecular flexibility index (Phi) is 5.41. The van der Waals surface area contributed by atoms with E-state index < -0.39 is 0 Å². The maximum absolute atomic E-state index is 12.2. The number of nitrogens with one attached hydrogen (secondary N) is 2. The highest BCUT2D eigenvalue weighted by atomic mass is 32.2. The molecule has 1 aromatic heterocycles. The summed E-state index contributed by atoms with van der Waals surface area (Å²) in [5, 5.41) is 11.0. The Morgan fingerprint density at radius 1 is 1.45 bits per heavy atom. The first-order valence-electron chi connectivity index (χ1n) is 8.37. The zero-order chi connectivity index (χ0) is 15.4. The fourth-order valence-electron chi connectivity index (χ4n) is 3.37. The van der Waals surface area contributed by atoms with Crippen LogP contribution in [0.15, 0.2) is 6.07 Å². The molecule has 2 N–H and O–H groups in total. The van der Waals surface area contributed by atoms with Crippen molar-refractivity contribution >= 4 is 23.5 Å². The molecular formula is C16H26N4OS. The van der Waals surface area contributed by atoms with Gasteiger partial charge in [-0.3, -0.25) is 9.48 Å². The Balaban J connectivity index is 1.57. The van der Waals surface area contributed by atoms with Gasteiger partial charge in [0.2, 0.25) is 5.91 Å². The second kappa shape index (κ2) is 7.51. The summed E-state index contributed by atoms with van der Waals surface area (Å²) >= 11 is 1.92. The predicted octanol–water partition coefficient (Wildman–Crippen LogP) is 2.50. The maximum atomic E-state index is 12.2. The minimum atomic E-state index is 0.0817. The molecule has 2 heterocycles. The first-order valence-corrected chi connectivity index (χ1v) is 9.53. The summed E-state index contributed by atoms with van der Waals surface area (Å²) in [6.07, 6.45) is 6.94. The summed E-state index contributed by atoms with van der Waals surface area (Å²) in [6, 6.07) is 2.36. The standard InChI is InChI=1S/C16H26N4OS/c1-20-15(10-14(19-20)12-5-3-2-4-6-12)18-16(21)9-13-11-22-8-7-17-13/h10,12-13,17H,2-9,11H2,1H3,(H,18,21)/t13-/m0/s1. The van der Waals surface area contributed by atoms with Crippen molar-refractivity contribution in [2.45, 2.75) is 50.5 Å². The third kappa shape index (κ3) is 4.04. The van der Waals surface area contributed by atoms with Gasteiger partial charge in [0.25, 0.3) is 0 Å². The molecule has 0 unspecified atom stereocenters. The number of aromatic nitrogens is 2. The molecule has 1 aromatic rings. The molecule has 0 aromatic carbocycles. The van der Waals surface area contributed by atoms with Crippen LogP contribution in [0.1, 0.15) is 50.1 Å². The van der Waals surface area contributed by atoms with E-state index in [2.05, 4.69) is 21.8 Å². The Labute approximate surface area is 136 Å². The molecule has 22 heavy (non-hydrogen) atoms. The van der Waals surface area contributed by atoms with E-state index in [-0.39, 0.29) is 5.91 Å². The zero-order valence-corrected chi connectivity index (χ0v) is 14.1. The van der Waals surface area contributed by atoms with Gasteiger partial charge >= 0.3 is 0 Å². The number of carbonyl (C=O) groups excluding carboxylic acids is 1. The van der Waals surface area contributed by atoms with Crippen LogP contribution in [0.3, 0.4) is 0 Å². The van der Waals surface area contributed by atoms with Crippen molar-refractivity contribution < 1.29 is 4.79 Å². The number of aryl methyl sites for hydroxylation is 1. The van der Waals surface area contributed by atoms with Gasteiger partial charge in [0, 0.05) is 49.5 Å². The molecule has 1 amide bonds. The van der Waals surface area contributed by atoms with Gasteiger partial charge in [0.1, 0.15) is 5.82 Å². The van der Waals surface area contributed by atoms with Crippen molar-refractivity contribution in [1.82, 2.24) is 15.1 Å². The summed E-state index contributed by atoms with van der Waals surface area (Å²) < 4.78 is 1.81. The van der Waals surface area contributed by atoms with Crippen molar-refractivity contribution in [3.8, 4) is 0 Å². The number of nitrogens with zero attached hydrogens (tertiary/aromatic N) is 2. The highest BCUT2D eigenvalue weighted by molar-refractivity contribution is 7.99. The van der Waals surface area contributed by atoms with Crippen LogP contribution in [-0.4, -0.2) is 39.8 Å². The molecule has 3 rings (SSSR count). The van der Waals surface area contributed by atoms with Crippen molar-refractivity contribution in [3.05, 3.63) is 11.8 Å². The van der Waals surface area contributed by atoms with E-state index in [4.69, 9.17) is 0 Å². The number of amides is 1. The van der Waals surface area contributed by atoms with E-state index in [1.54, 1.807) is 0 Å². The first-order chi connectivity index (χ1) is 10.7. The molecule has 122 valence electrons. The van der Waals surface area contributed by atoms with Crippen molar-refractivity contribution in [3.63, 3.8) is 0 Å². The minimum Gasteiger partial charge on any atom is -0.312 e. The predicted molar refractivity (Wildman–Crippen MR) is 91.4 cm³/mol. The van der Waals surface area contributed by atoms with E-state index in [1.807, 2.05) is 23.5 Å². The smallest absolute Gasteiger partial charge is 0.227 e. The Hall–Kier alpha value is -1.01. The van der Waals surface area contributed by atoms with Crippen molar-refractivity contribution in [1.29, 1.82) is 0 Å². The SMILES string of the molecule is Cn1nc(C2CCCCC2)cc1NC(=O)C[C@H]1CSCCN1. The minimum absolute atomic E-state index is 0.0817. The second-order valence-electron chi connectivity index (χ2n) is 6.39. The number of hydrogen-bond donors (Lipinski definition) is 2. The molecule has 1 aliphatic heterocycles. The fourth-order valence-corrected chi connectivity index (χ4v) is 4.32. The molecule has 5 nitrogen and oxygen atoms in total. The lowest BCUT2D eigenvalue weighted by molar-refractivity contribution is -0.116. The molecule has 1 saturated carbocycles. The van der Waals surface area contributed by atoms with E-state index in [9.17, 15) is 4.79 Å². The average molecular weight is 322 g/mol. The van der Waals surface area contributed by atoms with E-state index >= 15 is 0 Å². The normalized spacial score (nSPS) is 23.4. The average Bonchev–Trinajstić information content (AvgIpc) is 2.90. The quantitative estimate of drug-likeness (QED) is 0.894. The van der Waals surface area contributed by atoms with Gasteiger partial charge in [-0.25, -0.2) is 0 Å². The third-order valence-electron chi connectivity index (χ3n) is 4.62. The van der Waals surface area contributed by atoms with Crippen LogP contribution < -0.4 is 10.6 Å². The van der Waals surface area contributed by atoms with Crippen LogP contribution in [0.25, 0.3) is 0 Å². The van der Waals surface area contributed by atoms with Gasteiger partial charge in [-0.15, -0.1) is 0 Å². The lowest BCUT2D eigenvalue weighted by Crippen LogP contribution is -2.40. The maximum Gasteiger partial charge on any atom is 0.227 e. The molecule has 6 heteroatoms. The highest BCUT2D eigenvalue weighted by Gasteiger charge is 2.21. The van der Waals surface area contributed by atoms with Crippen LogP contribution in [0.2, 0.25) is 0 Å². The lowest BCUT2D eigenvalue weighted by Gasteiger charge is -2.22. The molecule has 2 fully saturated rings. The zero-order valence-electron chi connectivity index (χ0n) is 13.3. The van der Waals surface area contributed by atoms with Crippen molar-refractivity contribution in [2.75, 3.05) is 23.4 Å². The molecule has 1 saturated heterocycles. The first kappa shape index (κ1) is 15.9.